The number of rotatable bonds is 15. The van der Waals surface area contributed by atoms with Crippen molar-refractivity contribution in [1.82, 2.24) is 0 Å². The Morgan fingerprint density at radius 1 is 0.846 bits per heavy atom. The third-order valence-corrected chi connectivity index (χ3v) is 6.54. The van der Waals surface area contributed by atoms with Gasteiger partial charge in [-0.1, -0.05) is 58.3 Å². The van der Waals surface area contributed by atoms with Crippen molar-refractivity contribution in [3.63, 3.8) is 0 Å². The Hall–Kier alpha value is -0.160. The lowest BCUT2D eigenvalue weighted by atomic mass is 9.84. The second kappa shape index (κ2) is 11.6. The largest absolute Gasteiger partial charge is 0.370 e. The molecule has 3 unspecified atom stereocenters. The molecular formula is C22H42O4. The predicted molar refractivity (Wildman–Crippen MR) is 105 cm³/mol. The van der Waals surface area contributed by atoms with Gasteiger partial charge in [0.15, 0.2) is 0 Å². The standard InChI is InChI=1S/C22H42O4/c1-5-6-7-8-9-10-13-19(22(23-2,24-3)25-4)14-11-12-18-15-16-20-21(17-18)26-20/h18-21H,5-17H2,1-4H3/t18?,19-,20?,21?/m1/s1. The number of ether oxygens (including phenoxy) is 4. The fourth-order valence-electron chi connectivity index (χ4n) is 4.82. The molecular weight excluding hydrogens is 328 g/mol. The van der Waals surface area contributed by atoms with Gasteiger partial charge in [0.05, 0.1) is 12.2 Å². The molecule has 0 amide bonds. The second-order valence-corrected chi connectivity index (χ2v) is 8.29. The van der Waals surface area contributed by atoms with Gasteiger partial charge in [0, 0.05) is 27.2 Å². The molecule has 0 spiro atoms. The van der Waals surface area contributed by atoms with Crippen molar-refractivity contribution in [2.45, 2.75) is 109 Å². The molecule has 4 nitrogen and oxygen atoms in total. The average Bonchev–Trinajstić information content (AvgIpc) is 3.44. The quantitative estimate of drug-likeness (QED) is 0.211. The third-order valence-electron chi connectivity index (χ3n) is 6.54. The Labute approximate surface area is 161 Å². The van der Waals surface area contributed by atoms with Gasteiger partial charge in [-0.15, -0.1) is 0 Å². The lowest BCUT2D eigenvalue weighted by molar-refractivity contribution is -0.380. The fourth-order valence-corrected chi connectivity index (χ4v) is 4.82. The third kappa shape index (κ3) is 6.47. The number of fused-ring (bicyclic) bond motifs is 1. The van der Waals surface area contributed by atoms with E-state index in [1.165, 1.54) is 70.6 Å². The molecule has 0 bridgehead atoms. The second-order valence-electron chi connectivity index (χ2n) is 8.29. The van der Waals surface area contributed by atoms with Crippen molar-refractivity contribution in [3.8, 4) is 0 Å². The van der Waals surface area contributed by atoms with Crippen LogP contribution in [0, 0.1) is 11.8 Å². The first kappa shape index (κ1) is 22.1. The zero-order chi connectivity index (χ0) is 18.8. The van der Waals surface area contributed by atoms with E-state index in [4.69, 9.17) is 18.9 Å². The number of methoxy groups -OCH3 is 3. The summed E-state index contributed by atoms with van der Waals surface area (Å²) >= 11 is 0. The minimum absolute atomic E-state index is 0.294. The van der Waals surface area contributed by atoms with E-state index in [1.54, 1.807) is 21.3 Å². The van der Waals surface area contributed by atoms with E-state index in [0.717, 1.165) is 18.8 Å². The monoisotopic (exact) mass is 370 g/mol. The van der Waals surface area contributed by atoms with E-state index < -0.39 is 5.97 Å². The van der Waals surface area contributed by atoms with Gasteiger partial charge in [-0.05, 0) is 38.0 Å². The molecule has 0 aromatic rings. The molecule has 154 valence electrons. The topological polar surface area (TPSA) is 40.2 Å². The Morgan fingerprint density at radius 2 is 1.50 bits per heavy atom. The first-order valence-corrected chi connectivity index (χ1v) is 11.0. The van der Waals surface area contributed by atoms with Crippen molar-refractivity contribution in [2.75, 3.05) is 21.3 Å². The molecule has 1 saturated carbocycles. The Balaban J connectivity index is 1.75. The highest BCUT2D eigenvalue weighted by atomic mass is 16.9. The summed E-state index contributed by atoms with van der Waals surface area (Å²) in [7, 11) is 5.10. The van der Waals surface area contributed by atoms with Gasteiger partial charge < -0.3 is 18.9 Å². The molecule has 1 aliphatic heterocycles. The van der Waals surface area contributed by atoms with Crippen LogP contribution in [-0.4, -0.2) is 39.5 Å². The summed E-state index contributed by atoms with van der Waals surface area (Å²) in [6, 6.07) is 0. The van der Waals surface area contributed by atoms with Gasteiger partial charge >= 0.3 is 0 Å². The van der Waals surface area contributed by atoms with E-state index in [1.807, 2.05) is 0 Å². The highest BCUT2D eigenvalue weighted by molar-refractivity contribution is 4.91. The molecule has 4 atom stereocenters. The number of hydrogen-bond acceptors (Lipinski definition) is 4. The Bertz CT molecular complexity index is 361. The molecule has 4 heteroatoms. The van der Waals surface area contributed by atoms with E-state index in [9.17, 15) is 0 Å². The SMILES string of the molecule is CCCCCCCC[C@H](CCCC1CCC2OC2C1)C(OC)(OC)OC. The van der Waals surface area contributed by atoms with Crippen LogP contribution in [0.25, 0.3) is 0 Å². The summed E-state index contributed by atoms with van der Waals surface area (Å²) in [5.41, 5.74) is 0. The molecule has 1 saturated heterocycles. The van der Waals surface area contributed by atoms with Crippen LogP contribution in [0.3, 0.4) is 0 Å². The van der Waals surface area contributed by atoms with Gasteiger partial charge in [0.1, 0.15) is 0 Å². The fraction of sp³-hybridized carbons (Fsp3) is 1.00. The van der Waals surface area contributed by atoms with Gasteiger partial charge in [0.25, 0.3) is 5.97 Å². The number of epoxide rings is 1. The van der Waals surface area contributed by atoms with Crippen LogP contribution in [-0.2, 0) is 18.9 Å². The smallest absolute Gasteiger partial charge is 0.285 e. The van der Waals surface area contributed by atoms with Crippen molar-refractivity contribution >= 4 is 0 Å². The van der Waals surface area contributed by atoms with Crippen molar-refractivity contribution in [3.05, 3.63) is 0 Å². The van der Waals surface area contributed by atoms with Crippen LogP contribution in [0.5, 0.6) is 0 Å². The van der Waals surface area contributed by atoms with Crippen LogP contribution in [0.4, 0.5) is 0 Å². The molecule has 0 radical (unpaired) electrons. The zero-order valence-corrected chi connectivity index (χ0v) is 17.6. The van der Waals surface area contributed by atoms with E-state index in [-0.39, 0.29) is 0 Å². The minimum Gasteiger partial charge on any atom is -0.370 e. The van der Waals surface area contributed by atoms with Crippen molar-refractivity contribution in [1.29, 1.82) is 0 Å². The summed E-state index contributed by atoms with van der Waals surface area (Å²) in [4.78, 5) is 0. The summed E-state index contributed by atoms with van der Waals surface area (Å²) < 4.78 is 22.8. The molecule has 2 fully saturated rings. The van der Waals surface area contributed by atoms with Crippen molar-refractivity contribution in [2.24, 2.45) is 11.8 Å². The summed E-state index contributed by atoms with van der Waals surface area (Å²) in [5, 5.41) is 0. The summed E-state index contributed by atoms with van der Waals surface area (Å²) in [6.45, 7) is 2.27. The highest BCUT2D eigenvalue weighted by Gasteiger charge is 2.44. The maximum atomic E-state index is 5.70. The molecule has 1 heterocycles. The zero-order valence-electron chi connectivity index (χ0n) is 17.6. The first-order chi connectivity index (χ1) is 12.7. The molecule has 2 aliphatic rings. The molecule has 0 N–H and O–H groups in total. The predicted octanol–water partition coefficient (Wildman–Crippen LogP) is 5.68. The lowest BCUT2D eigenvalue weighted by Crippen LogP contribution is -2.44. The Kier molecular flexibility index (Phi) is 9.90. The van der Waals surface area contributed by atoms with Crippen LogP contribution in [0.1, 0.15) is 90.4 Å². The molecule has 1 aliphatic carbocycles. The van der Waals surface area contributed by atoms with Gasteiger partial charge in [0.2, 0.25) is 0 Å². The molecule has 26 heavy (non-hydrogen) atoms. The molecule has 2 rings (SSSR count). The van der Waals surface area contributed by atoms with Gasteiger partial charge in [-0.2, -0.15) is 0 Å². The van der Waals surface area contributed by atoms with Gasteiger partial charge in [-0.25, -0.2) is 0 Å². The lowest BCUT2D eigenvalue weighted by Gasteiger charge is -2.37. The van der Waals surface area contributed by atoms with E-state index in [0.29, 0.717) is 18.1 Å². The van der Waals surface area contributed by atoms with E-state index in [2.05, 4.69) is 6.92 Å². The van der Waals surface area contributed by atoms with Crippen LogP contribution < -0.4 is 0 Å². The van der Waals surface area contributed by atoms with Crippen LogP contribution in [0.2, 0.25) is 0 Å². The van der Waals surface area contributed by atoms with Crippen LogP contribution in [0.15, 0.2) is 0 Å². The minimum atomic E-state index is -0.888. The van der Waals surface area contributed by atoms with Gasteiger partial charge in [-0.3, -0.25) is 0 Å². The summed E-state index contributed by atoms with van der Waals surface area (Å²) in [6.07, 6.45) is 17.7. The first-order valence-electron chi connectivity index (χ1n) is 11.0. The maximum Gasteiger partial charge on any atom is 0.285 e. The number of unbranched alkanes of at least 4 members (excludes halogenated alkanes) is 5. The average molecular weight is 371 g/mol. The van der Waals surface area contributed by atoms with E-state index >= 15 is 0 Å². The molecule has 0 aromatic heterocycles. The maximum absolute atomic E-state index is 5.70. The van der Waals surface area contributed by atoms with Crippen molar-refractivity contribution < 1.29 is 18.9 Å². The molecule has 0 aromatic carbocycles. The normalized spacial score (nSPS) is 26.5. The Morgan fingerprint density at radius 3 is 2.15 bits per heavy atom. The summed E-state index contributed by atoms with van der Waals surface area (Å²) in [5.74, 6) is 0.249. The number of hydrogen-bond donors (Lipinski definition) is 0. The van der Waals surface area contributed by atoms with Crippen LogP contribution >= 0.6 is 0 Å². The highest BCUT2D eigenvalue weighted by Crippen LogP contribution is 2.42.